The van der Waals surface area contributed by atoms with Gasteiger partial charge in [0.1, 0.15) is 5.73 Å². The molecular weight excluding hydrogens is 298 g/mol. The van der Waals surface area contributed by atoms with Crippen molar-refractivity contribution >= 4 is 7.12 Å². The van der Waals surface area contributed by atoms with Gasteiger partial charge in [0.15, 0.2) is 11.5 Å². The quantitative estimate of drug-likeness (QED) is 0.774. The lowest BCUT2D eigenvalue weighted by Crippen LogP contribution is -2.41. The Balaban J connectivity index is 2.15. The summed E-state index contributed by atoms with van der Waals surface area (Å²) in [4.78, 5) is 0. The van der Waals surface area contributed by atoms with Gasteiger partial charge in [-0.1, -0.05) is 18.2 Å². The van der Waals surface area contributed by atoms with E-state index in [0.717, 1.165) is 5.56 Å². The zero-order chi connectivity index (χ0) is 17.3. The maximum atomic E-state index is 14.4. The van der Waals surface area contributed by atoms with Gasteiger partial charge in [0.2, 0.25) is 0 Å². The van der Waals surface area contributed by atoms with Crippen molar-refractivity contribution in [1.82, 2.24) is 0 Å². The first-order valence-corrected chi connectivity index (χ1v) is 7.63. The molecule has 1 aromatic rings. The Labute approximate surface area is 137 Å². The molecule has 2 rings (SSSR count). The van der Waals surface area contributed by atoms with Crippen molar-refractivity contribution in [2.45, 2.75) is 45.3 Å². The summed E-state index contributed by atoms with van der Waals surface area (Å²) >= 11 is 0. The second-order valence-corrected chi connectivity index (χ2v) is 6.53. The summed E-state index contributed by atoms with van der Waals surface area (Å²) in [5.74, 6) is 1.22. The summed E-state index contributed by atoms with van der Waals surface area (Å²) in [6.07, 6.45) is 1.82. The predicted octanol–water partition coefficient (Wildman–Crippen LogP) is 3.73. The molecule has 1 saturated heterocycles. The topological polar surface area (TPSA) is 36.9 Å². The van der Waals surface area contributed by atoms with Crippen LogP contribution in [-0.4, -0.2) is 32.5 Å². The molecule has 0 N–H and O–H groups in total. The van der Waals surface area contributed by atoms with E-state index in [1.165, 1.54) is 6.08 Å². The number of rotatable bonds is 5. The van der Waals surface area contributed by atoms with Gasteiger partial charge in [-0.3, -0.25) is 0 Å². The average molecular weight is 322 g/mol. The third-order valence-electron chi connectivity index (χ3n) is 4.48. The molecule has 126 valence electrons. The largest absolute Gasteiger partial charge is 0.524 e. The molecular formula is C17H24BFO4. The fourth-order valence-corrected chi connectivity index (χ4v) is 2.37. The van der Waals surface area contributed by atoms with E-state index in [4.69, 9.17) is 18.8 Å². The summed E-state index contributed by atoms with van der Waals surface area (Å²) in [5, 5.41) is 0. The van der Waals surface area contributed by atoms with Crippen LogP contribution in [-0.2, 0) is 15.7 Å². The van der Waals surface area contributed by atoms with Crippen LogP contribution in [0.25, 0.3) is 0 Å². The van der Waals surface area contributed by atoms with Gasteiger partial charge in [-0.2, -0.15) is 0 Å². The molecule has 0 aliphatic carbocycles. The van der Waals surface area contributed by atoms with Crippen LogP contribution in [0.15, 0.2) is 30.0 Å². The van der Waals surface area contributed by atoms with Gasteiger partial charge in [-0.05, 0) is 40.2 Å². The molecule has 6 heteroatoms. The fourth-order valence-electron chi connectivity index (χ4n) is 2.37. The zero-order valence-electron chi connectivity index (χ0n) is 14.6. The molecule has 1 heterocycles. The number of methoxy groups -OCH3 is 2. The second kappa shape index (κ2) is 6.53. The van der Waals surface area contributed by atoms with Gasteiger partial charge in [0, 0.05) is 5.56 Å². The Morgan fingerprint density at radius 3 is 2.26 bits per heavy atom. The first-order valence-electron chi connectivity index (χ1n) is 7.63. The van der Waals surface area contributed by atoms with Crippen LogP contribution in [0.5, 0.6) is 11.5 Å². The Morgan fingerprint density at radius 2 is 1.74 bits per heavy atom. The number of ether oxygens (including phenoxy) is 2. The summed E-state index contributed by atoms with van der Waals surface area (Å²) in [5.41, 5.74) is -0.723. The van der Waals surface area contributed by atoms with Crippen LogP contribution >= 0.6 is 0 Å². The van der Waals surface area contributed by atoms with E-state index >= 15 is 0 Å². The Hall–Kier alpha value is -1.53. The summed E-state index contributed by atoms with van der Waals surface area (Å²) in [7, 11) is 2.16. The first-order chi connectivity index (χ1) is 10.7. The van der Waals surface area contributed by atoms with E-state index in [1.54, 1.807) is 20.3 Å². The Kier molecular flexibility index (Phi) is 5.06. The van der Waals surface area contributed by atoms with Crippen molar-refractivity contribution in [3.63, 3.8) is 0 Å². The molecule has 0 amide bonds. The van der Waals surface area contributed by atoms with Crippen molar-refractivity contribution in [2.24, 2.45) is 0 Å². The fraction of sp³-hybridized carbons (Fsp3) is 0.529. The summed E-state index contributed by atoms with van der Waals surface area (Å²) in [6.45, 7) is 7.58. The number of para-hydroxylation sites is 1. The van der Waals surface area contributed by atoms with E-state index in [9.17, 15) is 4.39 Å². The van der Waals surface area contributed by atoms with Crippen LogP contribution in [0.4, 0.5) is 4.39 Å². The molecule has 1 aliphatic rings. The maximum Gasteiger partial charge on any atom is 0.524 e. The van der Waals surface area contributed by atoms with Gasteiger partial charge in [0.05, 0.1) is 25.4 Å². The molecule has 0 spiro atoms. The standard InChI is InChI=1S/C17H24BFO4/c1-16(2)17(3,4)23-18(22-16)14(19)11-10-12-8-7-9-13(20-5)15(12)21-6/h7-9,11H,10H2,1-6H3. The highest BCUT2D eigenvalue weighted by Crippen LogP contribution is 2.39. The number of benzene rings is 1. The lowest BCUT2D eigenvalue weighted by molar-refractivity contribution is 0.00578. The van der Waals surface area contributed by atoms with E-state index in [0.29, 0.717) is 17.9 Å². The van der Waals surface area contributed by atoms with E-state index in [2.05, 4.69) is 0 Å². The first kappa shape index (κ1) is 17.8. The molecule has 1 aliphatic heterocycles. The van der Waals surface area contributed by atoms with Gasteiger partial charge in [-0.25, -0.2) is 4.39 Å². The number of hydrogen-bond acceptors (Lipinski definition) is 4. The lowest BCUT2D eigenvalue weighted by atomic mass is 9.87. The van der Waals surface area contributed by atoms with Crippen LogP contribution in [0.1, 0.15) is 33.3 Å². The van der Waals surface area contributed by atoms with Gasteiger partial charge < -0.3 is 18.8 Å². The molecule has 1 aromatic carbocycles. The van der Waals surface area contributed by atoms with Gasteiger partial charge in [-0.15, -0.1) is 0 Å². The summed E-state index contributed by atoms with van der Waals surface area (Å²) < 4.78 is 36.4. The molecule has 4 nitrogen and oxygen atoms in total. The van der Waals surface area contributed by atoms with E-state index < -0.39 is 24.0 Å². The second-order valence-electron chi connectivity index (χ2n) is 6.53. The molecule has 0 atom stereocenters. The van der Waals surface area contributed by atoms with Crippen LogP contribution in [0.2, 0.25) is 0 Å². The highest BCUT2D eigenvalue weighted by molar-refractivity contribution is 6.53. The number of hydrogen-bond donors (Lipinski definition) is 0. The van der Waals surface area contributed by atoms with E-state index in [1.807, 2.05) is 39.8 Å². The maximum absolute atomic E-state index is 14.4. The molecule has 23 heavy (non-hydrogen) atoms. The van der Waals surface area contributed by atoms with Gasteiger partial charge in [0.25, 0.3) is 0 Å². The Bertz CT molecular complexity index is 582. The minimum atomic E-state index is -0.975. The van der Waals surface area contributed by atoms with E-state index in [-0.39, 0.29) is 0 Å². The highest BCUT2D eigenvalue weighted by atomic mass is 19.1. The van der Waals surface area contributed by atoms with Crippen molar-refractivity contribution in [3.8, 4) is 11.5 Å². The molecule has 0 aromatic heterocycles. The lowest BCUT2D eigenvalue weighted by Gasteiger charge is -2.32. The molecule has 0 unspecified atom stereocenters. The van der Waals surface area contributed by atoms with Crippen LogP contribution in [0.3, 0.4) is 0 Å². The molecule has 0 saturated carbocycles. The molecule has 1 fully saturated rings. The third kappa shape index (κ3) is 3.53. The normalized spacial score (nSPS) is 19.8. The molecule has 0 radical (unpaired) electrons. The van der Waals surface area contributed by atoms with Crippen molar-refractivity contribution in [2.75, 3.05) is 14.2 Å². The zero-order valence-corrected chi connectivity index (χ0v) is 14.6. The van der Waals surface area contributed by atoms with Gasteiger partial charge >= 0.3 is 7.12 Å². The monoisotopic (exact) mass is 322 g/mol. The average Bonchev–Trinajstić information content (AvgIpc) is 2.72. The van der Waals surface area contributed by atoms with Crippen molar-refractivity contribution < 1.29 is 23.2 Å². The number of halogens is 1. The number of allylic oxidation sites excluding steroid dienone is 1. The van der Waals surface area contributed by atoms with Crippen molar-refractivity contribution in [1.29, 1.82) is 0 Å². The smallest absolute Gasteiger partial charge is 0.493 e. The predicted molar refractivity (Wildman–Crippen MR) is 88.5 cm³/mol. The van der Waals surface area contributed by atoms with Crippen molar-refractivity contribution in [3.05, 3.63) is 35.6 Å². The van der Waals surface area contributed by atoms with Crippen LogP contribution < -0.4 is 9.47 Å². The summed E-state index contributed by atoms with van der Waals surface area (Å²) in [6, 6.07) is 5.52. The highest BCUT2D eigenvalue weighted by Gasteiger charge is 2.52. The minimum absolute atomic E-state index is 0.357. The minimum Gasteiger partial charge on any atom is -0.493 e. The Morgan fingerprint density at radius 1 is 1.13 bits per heavy atom. The molecule has 0 bridgehead atoms. The third-order valence-corrected chi connectivity index (χ3v) is 4.48. The SMILES string of the molecule is COc1cccc(CC=C(F)B2OC(C)(C)C(C)(C)O2)c1OC. The van der Waals surface area contributed by atoms with Crippen LogP contribution in [0, 0.1) is 0 Å².